The van der Waals surface area contributed by atoms with E-state index in [0.717, 1.165) is 8.25 Å². The van der Waals surface area contributed by atoms with E-state index >= 15 is 0 Å². The summed E-state index contributed by atoms with van der Waals surface area (Å²) in [6.45, 7) is 1.34. The summed E-state index contributed by atoms with van der Waals surface area (Å²) < 4.78 is 20.9. The van der Waals surface area contributed by atoms with Crippen molar-refractivity contribution in [3.8, 4) is 5.75 Å². The molecule has 9 heteroatoms. The van der Waals surface area contributed by atoms with Gasteiger partial charge < -0.3 is 15.8 Å². The first-order chi connectivity index (χ1) is 10.8. The van der Waals surface area contributed by atoms with E-state index in [1.807, 2.05) is 22.6 Å². The molecule has 122 valence electrons. The Labute approximate surface area is 144 Å². The molecule has 0 saturated carbocycles. The second kappa shape index (κ2) is 6.94. The number of aromatic nitrogens is 2. The van der Waals surface area contributed by atoms with Gasteiger partial charge in [0.1, 0.15) is 5.82 Å². The normalized spacial score (nSPS) is 10.4. The van der Waals surface area contributed by atoms with Crippen LogP contribution >= 0.6 is 22.6 Å². The van der Waals surface area contributed by atoms with Crippen LogP contribution in [0, 0.1) is 16.3 Å². The first-order valence-electron chi connectivity index (χ1n) is 6.50. The highest BCUT2D eigenvalue weighted by Gasteiger charge is 2.18. The molecule has 0 radical (unpaired) electrons. The summed E-state index contributed by atoms with van der Waals surface area (Å²) >= 11 is 2.00. The summed E-state index contributed by atoms with van der Waals surface area (Å²) in [5.74, 6) is -1.27. The monoisotopic (exact) mass is 432 g/mol. The van der Waals surface area contributed by atoms with Gasteiger partial charge in [0.15, 0.2) is 18.2 Å². The maximum atomic E-state index is 13.7. The van der Waals surface area contributed by atoms with E-state index in [9.17, 15) is 14.0 Å². The number of nitrogens with zero attached hydrogens (tertiary/aromatic N) is 2. The number of carbonyl (C=O) groups excluding carboxylic acids is 1. The number of halogens is 2. The molecule has 2 aromatic rings. The zero-order chi connectivity index (χ0) is 17.1. The first kappa shape index (κ1) is 17.2. The molecule has 0 unspecified atom stereocenters. The molecule has 0 aliphatic carbocycles. The second-order valence-corrected chi connectivity index (χ2v) is 5.93. The number of carbonyl (C=O) groups is 1. The van der Waals surface area contributed by atoms with Crippen molar-refractivity contribution < 1.29 is 13.9 Å². The summed E-state index contributed by atoms with van der Waals surface area (Å²) in [6.07, 6.45) is 0. The molecule has 1 aromatic heterocycles. The SMILES string of the molecule is Cc1c(OCNc2ccc(I)cc2F)c(C(N)=O)nn(C)c1=O. The van der Waals surface area contributed by atoms with Gasteiger partial charge in [-0.2, -0.15) is 5.10 Å². The average molecular weight is 432 g/mol. The van der Waals surface area contributed by atoms with E-state index in [4.69, 9.17) is 10.5 Å². The van der Waals surface area contributed by atoms with Crippen LogP contribution in [0.5, 0.6) is 5.75 Å². The van der Waals surface area contributed by atoms with E-state index in [0.29, 0.717) is 0 Å². The second-order valence-electron chi connectivity index (χ2n) is 4.69. The van der Waals surface area contributed by atoms with Gasteiger partial charge in [-0.05, 0) is 47.7 Å². The van der Waals surface area contributed by atoms with Crippen molar-refractivity contribution in [2.75, 3.05) is 12.0 Å². The minimum Gasteiger partial charge on any atom is -0.470 e. The standard InChI is InChI=1S/C14H14FIN4O3/c1-7-12(11(13(17)21)19-20(2)14(7)22)23-6-18-10-4-3-8(16)5-9(10)15/h3-5,18H,6H2,1-2H3,(H2,17,21). The topological polar surface area (TPSA) is 99.2 Å². The lowest BCUT2D eigenvalue weighted by molar-refractivity contribution is 0.0988. The smallest absolute Gasteiger partial charge is 0.273 e. The Morgan fingerprint density at radius 3 is 2.83 bits per heavy atom. The molecular weight excluding hydrogens is 418 g/mol. The quantitative estimate of drug-likeness (QED) is 0.550. The van der Waals surface area contributed by atoms with Crippen LogP contribution < -0.4 is 21.3 Å². The Bertz CT molecular complexity index is 822. The van der Waals surface area contributed by atoms with E-state index in [1.165, 1.54) is 20.0 Å². The molecule has 23 heavy (non-hydrogen) atoms. The van der Waals surface area contributed by atoms with Crippen LogP contribution in [-0.4, -0.2) is 22.4 Å². The number of benzene rings is 1. The van der Waals surface area contributed by atoms with Gasteiger partial charge in [0.2, 0.25) is 0 Å². The number of amides is 1. The number of primary amides is 1. The maximum Gasteiger partial charge on any atom is 0.273 e. The molecule has 0 atom stereocenters. The van der Waals surface area contributed by atoms with Crippen LogP contribution in [0.3, 0.4) is 0 Å². The lowest BCUT2D eigenvalue weighted by Crippen LogP contribution is -2.29. The Morgan fingerprint density at radius 1 is 1.52 bits per heavy atom. The summed E-state index contributed by atoms with van der Waals surface area (Å²) in [7, 11) is 1.41. The number of ether oxygens (including phenoxy) is 1. The van der Waals surface area contributed by atoms with Crippen molar-refractivity contribution in [2.24, 2.45) is 12.8 Å². The highest BCUT2D eigenvalue weighted by atomic mass is 127. The molecule has 0 bridgehead atoms. The molecule has 0 aliphatic rings. The third kappa shape index (κ3) is 3.78. The Morgan fingerprint density at radius 2 is 2.22 bits per heavy atom. The van der Waals surface area contributed by atoms with Gasteiger partial charge in [0.25, 0.3) is 11.5 Å². The third-order valence-electron chi connectivity index (χ3n) is 3.06. The van der Waals surface area contributed by atoms with E-state index in [2.05, 4.69) is 10.4 Å². The lowest BCUT2D eigenvalue weighted by atomic mass is 10.2. The Kier molecular flexibility index (Phi) is 5.19. The highest BCUT2D eigenvalue weighted by molar-refractivity contribution is 14.1. The number of hydrogen-bond donors (Lipinski definition) is 2. The number of aryl methyl sites for hydroxylation is 1. The van der Waals surface area contributed by atoms with Crippen LogP contribution in [0.15, 0.2) is 23.0 Å². The fraction of sp³-hybridized carbons (Fsp3) is 0.214. The predicted molar refractivity (Wildman–Crippen MR) is 91.0 cm³/mol. The minimum atomic E-state index is -0.820. The molecule has 1 amide bonds. The van der Waals surface area contributed by atoms with Crippen molar-refractivity contribution in [1.82, 2.24) is 9.78 Å². The highest BCUT2D eigenvalue weighted by Crippen LogP contribution is 2.20. The molecule has 0 fully saturated rings. The van der Waals surface area contributed by atoms with Crippen LogP contribution in [0.25, 0.3) is 0 Å². The van der Waals surface area contributed by atoms with E-state index in [-0.39, 0.29) is 29.4 Å². The number of anilines is 1. The summed E-state index contributed by atoms with van der Waals surface area (Å²) in [4.78, 5) is 23.3. The zero-order valence-corrected chi connectivity index (χ0v) is 14.5. The molecule has 0 saturated heterocycles. The maximum absolute atomic E-state index is 13.7. The molecular formula is C14H14FIN4O3. The third-order valence-corrected chi connectivity index (χ3v) is 3.74. The fourth-order valence-electron chi connectivity index (χ4n) is 1.91. The minimum absolute atomic E-state index is 0.0148. The van der Waals surface area contributed by atoms with Crippen molar-refractivity contribution in [2.45, 2.75) is 6.92 Å². The molecule has 2 rings (SSSR count). The number of nitrogens with two attached hydrogens (primary N) is 1. The van der Waals surface area contributed by atoms with Crippen molar-refractivity contribution in [3.63, 3.8) is 0 Å². The average Bonchev–Trinajstić information content (AvgIpc) is 2.48. The van der Waals surface area contributed by atoms with Crippen LogP contribution in [0.1, 0.15) is 16.1 Å². The summed E-state index contributed by atoms with van der Waals surface area (Å²) in [5.41, 5.74) is 5.11. The Hall–Kier alpha value is -2.17. The van der Waals surface area contributed by atoms with Gasteiger partial charge in [0, 0.05) is 10.6 Å². The first-order valence-corrected chi connectivity index (χ1v) is 7.58. The molecule has 1 heterocycles. The van der Waals surface area contributed by atoms with Crippen LogP contribution in [-0.2, 0) is 7.05 Å². The summed E-state index contributed by atoms with van der Waals surface area (Å²) in [6, 6.07) is 4.65. The Balaban J connectivity index is 2.22. The molecule has 0 spiro atoms. The van der Waals surface area contributed by atoms with Gasteiger partial charge in [-0.25, -0.2) is 9.07 Å². The van der Waals surface area contributed by atoms with Crippen LogP contribution in [0.2, 0.25) is 0 Å². The zero-order valence-electron chi connectivity index (χ0n) is 12.4. The number of nitrogens with one attached hydrogen (secondary N) is 1. The van der Waals surface area contributed by atoms with E-state index in [1.54, 1.807) is 12.1 Å². The molecule has 0 aliphatic heterocycles. The fourth-order valence-corrected chi connectivity index (χ4v) is 2.37. The van der Waals surface area contributed by atoms with Gasteiger partial charge in [-0.1, -0.05) is 0 Å². The largest absolute Gasteiger partial charge is 0.470 e. The van der Waals surface area contributed by atoms with E-state index < -0.39 is 17.3 Å². The van der Waals surface area contributed by atoms with Gasteiger partial charge in [-0.15, -0.1) is 0 Å². The number of rotatable bonds is 5. The lowest BCUT2D eigenvalue weighted by Gasteiger charge is -2.14. The molecule has 3 N–H and O–H groups in total. The van der Waals surface area contributed by atoms with Gasteiger partial charge in [-0.3, -0.25) is 9.59 Å². The summed E-state index contributed by atoms with van der Waals surface area (Å²) in [5, 5.41) is 6.52. The van der Waals surface area contributed by atoms with Crippen molar-refractivity contribution in [3.05, 3.63) is 49.2 Å². The molecule has 1 aromatic carbocycles. The van der Waals surface area contributed by atoms with Crippen LogP contribution in [0.4, 0.5) is 10.1 Å². The van der Waals surface area contributed by atoms with Gasteiger partial charge in [0.05, 0.1) is 11.3 Å². The van der Waals surface area contributed by atoms with Crippen molar-refractivity contribution >= 4 is 34.2 Å². The molecule has 7 nitrogen and oxygen atoms in total. The van der Waals surface area contributed by atoms with Gasteiger partial charge >= 0.3 is 0 Å². The predicted octanol–water partition coefficient (Wildman–Crippen LogP) is 1.38. The number of hydrogen-bond acceptors (Lipinski definition) is 5. The van der Waals surface area contributed by atoms with Crippen molar-refractivity contribution in [1.29, 1.82) is 0 Å².